The Hall–Kier alpha value is -1.37. The molecule has 0 radical (unpaired) electrons. The van der Waals surface area contributed by atoms with Gasteiger partial charge < -0.3 is 24.7 Å². The summed E-state index contributed by atoms with van der Waals surface area (Å²) in [5.74, 6) is 1.59. The van der Waals surface area contributed by atoms with Crippen molar-refractivity contribution in [3.05, 3.63) is 23.7 Å². The smallest absolute Gasteiger partial charge is 0.249 e. The van der Waals surface area contributed by atoms with Crippen LogP contribution in [0.1, 0.15) is 11.5 Å². The van der Waals surface area contributed by atoms with Gasteiger partial charge in [0, 0.05) is 19.6 Å². The van der Waals surface area contributed by atoms with Crippen LogP contribution in [0, 0.1) is 6.92 Å². The summed E-state index contributed by atoms with van der Waals surface area (Å²) in [7, 11) is 3.95. The second-order valence-corrected chi connectivity index (χ2v) is 4.97. The SMILES string of the molecule is Cc1ccc(CN(CCN(C)C)C(=O)COCCN)o1. The maximum atomic E-state index is 12.1. The Balaban J connectivity index is 2.56. The summed E-state index contributed by atoms with van der Waals surface area (Å²) in [5, 5.41) is 0. The molecule has 0 bridgehead atoms. The molecule has 0 aliphatic heterocycles. The van der Waals surface area contributed by atoms with E-state index in [2.05, 4.69) is 0 Å². The third-order valence-corrected chi connectivity index (χ3v) is 2.80. The van der Waals surface area contributed by atoms with Crippen molar-refractivity contribution in [2.75, 3.05) is 46.9 Å². The molecule has 0 atom stereocenters. The molecule has 1 heterocycles. The van der Waals surface area contributed by atoms with Crippen molar-refractivity contribution in [2.45, 2.75) is 13.5 Å². The molecule has 6 heteroatoms. The lowest BCUT2D eigenvalue weighted by Crippen LogP contribution is -2.38. The van der Waals surface area contributed by atoms with Crippen molar-refractivity contribution in [3.8, 4) is 0 Å². The van der Waals surface area contributed by atoms with E-state index in [1.807, 2.05) is 38.1 Å². The monoisotopic (exact) mass is 283 g/mol. The van der Waals surface area contributed by atoms with Crippen molar-refractivity contribution < 1.29 is 13.9 Å². The maximum Gasteiger partial charge on any atom is 0.249 e. The van der Waals surface area contributed by atoms with Crippen LogP contribution in [0.5, 0.6) is 0 Å². The number of rotatable bonds is 9. The molecule has 0 fully saturated rings. The van der Waals surface area contributed by atoms with Crippen molar-refractivity contribution in [1.29, 1.82) is 0 Å². The first kappa shape index (κ1) is 16.7. The predicted octanol–water partition coefficient (Wildman–Crippen LogP) is 0.454. The van der Waals surface area contributed by atoms with Crippen LogP contribution in [0.25, 0.3) is 0 Å². The van der Waals surface area contributed by atoms with E-state index in [9.17, 15) is 4.79 Å². The van der Waals surface area contributed by atoms with Gasteiger partial charge in [0.05, 0.1) is 13.2 Å². The predicted molar refractivity (Wildman–Crippen MR) is 77.3 cm³/mol. The first-order valence-electron chi connectivity index (χ1n) is 6.78. The Labute approximate surface area is 120 Å². The Morgan fingerprint density at radius 3 is 2.65 bits per heavy atom. The number of nitrogens with two attached hydrogens (primary N) is 1. The molecular formula is C14H25N3O3. The molecule has 1 aromatic heterocycles. The van der Waals surface area contributed by atoms with Gasteiger partial charge in [-0.15, -0.1) is 0 Å². The second kappa shape index (κ2) is 8.73. The molecule has 114 valence electrons. The third-order valence-electron chi connectivity index (χ3n) is 2.80. The average Bonchev–Trinajstić information content (AvgIpc) is 2.80. The fourth-order valence-electron chi connectivity index (χ4n) is 1.70. The molecule has 0 aliphatic carbocycles. The third kappa shape index (κ3) is 6.18. The van der Waals surface area contributed by atoms with E-state index in [1.54, 1.807) is 4.90 Å². The summed E-state index contributed by atoms with van der Waals surface area (Å²) in [4.78, 5) is 15.9. The van der Waals surface area contributed by atoms with Crippen LogP contribution >= 0.6 is 0 Å². The molecule has 0 saturated carbocycles. The van der Waals surface area contributed by atoms with Crippen LogP contribution in [-0.4, -0.2) is 62.7 Å². The number of hydrogen-bond acceptors (Lipinski definition) is 5. The van der Waals surface area contributed by atoms with Crippen molar-refractivity contribution >= 4 is 5.91 Å². The topological polar surface area (TPSA) is 71.9 Å². The van der Waals surface area contributed by atoms with E-state index < -0.39 is 0 Å². The highest BCUT2D eigenvalue weighted by Gasteiger charge is 2.15. The highest BCUT2D eigenvalue weighted by Crippen LogP contribution is 2.10. The van der Waals surface area contributed by atoms with E-state index in [-0.39, 0.29) is 12.5 Å². The Bertz CT molecular complexity index is 404. The van der Waals surface area contributed by atoms with Crippen molar-refractivity contribution in [1.82, 2.24) is 9.80 Å². The van der Waals surface area contributed by atoms with Gasteiger partial charge in [0.1, 0.15) is 18.1 Å². The van der Waals surface area contributed by atoms with E-state index in [0.717, 1.165) is 18.1 Å². The number of carbonyl (C=O) groups is 1. The van der Waals surface area contributed by atoms with Gasteiger partial charge in [0.2, 0.25) is 5.91 Å². The lowest BCUT2D eigenvalue weighted by molar-refractivity contribution is -0.137. The van der Waals surface area contributed by atoms with Crippen LogP contribution in [0.3, 0.4) is 0 Å². The molecule has 6 nitrogen and oxygen atoms in total. The molecule has 1 rings (SSSR count). The van der Waals surface area contributed by atoms with Gasteiger partial charge in [-0.1, -0.05) is 0 Å². The first-order valence-corrected chi connectivity index (χ1v) is 6.78. The Kier molecular flexibility index (Phi) is 7.28. The largest absolute Gasteiger partial charge is 0.464 e. The fraction of sp³-hybridized carbons (Fsp3) is 0.643. The van der Waals surface area contributed by atoms with Gasteiger partial charge in [-0.05, 0) is 33.2 Å². The molecule has 0 unspecified atom stereocenters. The number of carbonyl (C=O) groups excluding carboxylic acids is 1. The maximum absolute atomic E-state index is 12.1. The highest BCUT2D eigenvalue weighted by molar-refractivity contribution is 5.77. The zero-order valence-corrected chi connectivity index (χ0v) is 12.6. The minimum Gasteiger partial charge on any atom is -0.464 e. The standard InChI is InChI=1S/C14H25N3O3/c1-12-4-5-13(20-12)10-17(8-7-16(2)3)14(18)11-19-9-6-15/h4-5H,6-11,15H2,1-3H3. The summed E-state index contributed by atoms with van der Waals surface area (Å²) >= 11 is 0. The highest BCUT2D eigenvalue weighted by atomic mass is 16.5. The van der Waals surface area contributed by atoms with E-state index in [0.29, 0.717) is 26.2 Å². The zero-order chi connectivity index (χ0) is 15.0. The summed E-state index contributed by atoms with van der Waals surface area (Å²) in [6.07, 6.45) is 0. The van der Waals surface area contributed by atoms with Crippen LogP contribution in [-0.2, 0) is 16.1 Å². The number of nitrogens with zero attached hydrogens (tertiary/aromatic N) is 2. The average molecular weight is 283 g/mol. The lowest BCUT2D eigenvalue weighted by atomic mass is 10.3. The van der Waals surface area contributed by atoms with Crippen LogP contribution in [0.2, 0.25) is 0 Å². The Morgan fingerprint density at radius 1 is 1.35 bits per heavy atom. The summed E-state index contributed by atoms with van der Waals surface area (Å²) in [6.45, 7) is 4.66. The van der Waals surface area contributed by atoms with Gasteiger partial charge >= 0.3 is 0 Å². The van der Waals surface area contributed by atoms with Crippen molar-refractivity contribution in [2.24, 2.45) is 5.73 Å². The molecule has 0 aliphatic rings. The molecule has 20 heavy (non-hydrogen) atoms. The zero-order valence-electron chi connectivity index (χ0n) is 12.6. The van der Waals surface area contributed by atoms with Crippen LogP contribution < -0.4 is 5.73 Å². The van der Waals surface area contributed by atoms with Gasteiger partial charge in [-0.2, -0.15) is 0 Å². The number of hydrogen-bond donors (Lipinski definition) is 1. The second-order valence-electron chi connectivity index (χ2n) is 4.97. The Morgan fingerprint density at radius 2 is 2.10 bits per heavy atom. The first-order chi connectivity index (χ1) is 9.52. The van der Waals surface area contributed by atoms with E-state index >= 15 is 0 Å². The summed E-state index contributed by atoms with van der Waals surface area (Å²) < 4.78 is 10.7. The summed E-state index contributed by atoms with van der Waals surface area (Å²) in [6, 6.07) is 3.79. The lowest BCUT2D eigenvalue weighted by Gasteiger charge is -2.23. The van der Waals surface area contributed by atoms with Crippen LogP contribution in [0.15, 0.2) is 16.5 Å². The molecule has 0 spiro atoms. The van der Waals surface area contributed by atoms with Gasteiger partial charge in [0.25, 0.3) is 0 Å². The number of amides is 1. The molecule has 1 amide bonds. The molecular weight excluding hydrogens is 258 g/mol. The van der Waals surface area contributed by atoms with Crippen LogP contribution in [0.4, 0.5) is 0 Å². The minimum atomic E-state index is -0.0469. The quantitative estimate of drug-likeness (QED) is 0.666. The molecule has 0 aromatic carbocycles. The molecule has 2 N–H and O–H groups in total. The number of ether oxygens (including phenoxy) is 1. The fourth-order valence-corrected chi connectivity index (χ4v) is 1.70. The van der Waals surface area contributed by atoms with E-state index in [1.165, 1.54) is 0 Å². The number of aryl methyl sites for hydroxylation is 1. The molecule has 0 saturated heterocycles. The number of furan rings is 1. The molecule has 1 aromatic rings. The van der Waals surface area contributed by atoms with E-state index in [4.69, 9.17) is 14.9 Å². The summed E-state index contributed by atoms with van der Waals surface area (Å²) in [5.41, 5.74) is 5.34. The van der Waals surface area contributed by atoms with Gasteiger partial charge in [-0.3, -0.25) is 4.79 Å². The van der Waals surface area contributed by atoms with Gasteiger partial charge in [0.15, 0.2) is 0 Å². The normalized spacial score (nSPS) is 11.1. The minimum absolute atomic E-state index is 0.0469. The van der Waals surface area contributed by atoms with Crippen molar-refractivity contribution in [3.63, 3.8) is 0 Å². The number of likely N-dealkylation sites (N-methyl/N-ethyl adjacent to an activating group) is 1. The van der Waals surface area contributed by atoms with Gasteiger partial charge in [-0.25, -0.2) is 0 Å².